The standard InChI is InChI=1S/C26H30N4O2/c1-4-30(5-2)17-22(31)16-29-26(32)20-11-10-18(3)19(14-20)12-13-21-15-28-25(27)24-9-7-6-8-23(21)24/h6-11,14-15,22,31H,4-5,16-17H2,1-3H3,(H2,27,28)(H,29,32). The van der Waals surface area contributed by atoms with Crippen LogP contribution in [0.25, 0.3) is 10.8 Å². The summed E-state index contributed by atoms with van der Waals surface area (Å²) in [6, 6.07) is 13.2. The van der Waals surface area contributed by atoms with Crippen LogP contribution >= 0.6 is 0 Å². The highest BCUT2D eigenvalue weighted by atomic mass is 16.3. The zero-order valence-corrected chi connectivity index (χ0v) is 18.9. The number of nitrogens with one attached hydrogen (secondary N) is 1. The molecule has 1 atom stereocenters. The number of aliphatic hydroxyl groups excluding tert-OH is 1. The number of aliphatic hydroxyl groups is 1. The zero-order valence-electron chi connectivity index (χ0n) is 18.9. The molecule has 0 aliphatic rings. The maximum absolute atomic E-state index is 12.6. The van der Waals surface area contributed by atoms with Crippen molar-refractivity contribution in [2.75, 3.05) is 31.9 Å². The van der Waals surface area contributed by atoms with Gasteiger partial charge in [-0.1, -0.05) is 56.0 Å². The quantitative estimate of drug-likeness (QED) is 0.501. The Kier molecular flexibility index (Phi) is 7.82. The van der Waals surface area contributed by atoms with E-state index in [2.05, 4.69) is 27.0 Å². The number of aryl methyl sites for hydroxylation is 1. The van der Waals surface area contributed by atoms with Gasteiger partial charge >= 0.3 is 0 Å². The highest BCUT2D eigenvalue weighted by Crippen LogP contribution is 2.22. The van der Waals surface area contributed by atoms with E-state index >= 15 is 0 Å². The fraction of sp³-hybridized carbons (Fsp3) is 0.308. The summed E-state index contributed by atoms with van der Waals surface area (Å²) in [4.78, 5) is 19.0. The van der Waals surface area contributed by atoms with Crippen molar-refractivity contribution in [3.05, 3.63) is 70.9 Å². The molecule has 0 bridgehead atoms. The van der Waals surface area contributed by atoms with Crippen molar-refractivity contribution in [3.8, 4) is 11.8 Å². The van der Waals surface area contributed by atoms with Crippen molar-refractivity contribution in [1.29, 1.82) is 0 Å². The van der Waals surface area contributed by atoms with E-state index in [0.29, 0.717) is 17.9 Å². The van der Waals surface area contributed by atoms with Gasteiger partial charge in [-0.05, 0) is 37.7 Å². The van der Waals surface area contributed by atoms with Crippen LogP contribution in [0.5, 0.6) is 0 Å². The number of anilines is 1. The SMILES string of the molecule is CCN(CC)CC(O)CNC(=O)c1ccc(C)c(C#Cc2cnc(N)c3ccccc23)c1. The molecule has 1 amide bonds. The number of rotatable bonds is 7. The van der Waals surface area contributed by atoms with E-state index in [4.69, 9.17) is 5.73 Å². The number of carbonyl (C=O) groups excluding carboxylic acids is 1. The van der Waals surface area contributed by atoms with Gasteiger partial charge < -0.3 is 21.1 Å². The van der Waals surface area contributed by atoms with E-state index in [1.54, 1.807) is 18.3 Å². The number of amides is 1. The molecule has 0 saturated carbocycles. The van der Waals surface area contributed by atoms with Gasteiger partial charge in [-0.25, -0.2) is 4.98 Å². The second-order valence-corrected chi connectivity index (χ2v) is 7.73. The molecule has 3 rings (SSSR count). The molecule has 0 aliphatic carbocycles. The van der Waals surface area contributed by atoms with Gasteiger partial charge in [0.1, 0.15) is 5.82 Å². The Labute approximate surface area is 189 Å². The van der Waals surface area contributed by atoms with Crippen molar-refractivity contribution in [2.24, 2.45) is 0 Å². The van der Waals surface area contributed by atoms with Crippen LogP contribution in [0.15, 0.2) is 48.7 Å². The first-order valence-corrected chi connectivity index (χ1v) is 10.9. The molecular weight excluding hydrogens is 400 g/mol. The summed E-state index contributed by atoms with van der Waals surface area (Å²) >= 11 is 0. The first-order valence-electron chi connectivity index (χ1n) is 10.9. The van der Waals surface area contributed by atoms with Crippen molar-refractivity contribution in [1.82, 2.24) is 15.2 Å². The zero-order chi connectivity index (χ0) is 23.1. The molecule has 0 aliphatic heterocycles. The van der Waals surface area contributed by atoms with Crippen LogP contribution in [0.1, 0.15) is 40.9 Å². The van der Waals surface area contributed by atoms with Crippen LogP contribution in [0.3, 0.4) is 0 Å². The van der Waals surface area contributed by atoms with Crippen LogP contribution in [0.4, 0.5) is 5.82 Å². The number of hydrogen-bond acceptors (Lipinski definition) is 5. The number of nitrogen functional groups attached to an aromatic ring is 1. The van der Waals surface area contributed by atoms with Gasteiger partial charge in [0.25, 0.3) is 5.91 Å². The van der Waals surface area contributed by atoms with Crippen molar-refractivity contribution in [2.45, 2.75) is 26.9 Å². The highest BCUT2D eigenvalue weighted by molar-refractivity contribution is 5.95. The molecule has 0 spiro atoms. The van der Waals surface area contributed by atoms with Gasteiger partial charge in [0.05, 0.1) is 11.7 Å². The molecule has 1 unspecified atom stereocenters. The molecule has 1 heterocycles. The second kappa shape index (κ2) is 10.8. The maximum atomic E-state index is 12.6. The fourth-order valence-corrected chi connectivity index (χ4v) is 3.50. The summed E-state index contributed by atoms with van der Waals surface area (Å²) in [6.07, 6.45) is 1.06. The number of aromatic nitrogens is 1. The van der Waals surface area contributed by atoms with Crippen LogP contribution in [0, 0.1) is 18.8 Å². The first-order chi connectivity index (χ1) is 15.4. The lowest BCUT2D eigenvalue weighted by Gasteiger charge is -2.22. The summed E-state index contributed by atoms with van der Waals surface area (Å²) in [5, 5.41) is 14.8. The van der Waals surface area contributed by atoms with E-state index in [1.165, 1.54) is 0 Å². The summed E-state index contributed by atoms with van der Waals surface area (Å²) < 4.78 is 0. The third-order valence-electron chi connectivity index (χ3n) is 5.52. The second-order valence-electron chi connectivity index (χ2n) is 7.73. The molecule has 6 heteroatoms. The number of benzene rings is 2. The Morgan fingerprint density at radius 1 is 1.12 bits per heavy atom. The number of pyridine rings is 1. The molecular formula is C26H30N4O2. The third-order valence-corrected chi connectivity index (χ3v) is 5.52. The van der Waals surface area contributed by atoms with Crippen LogP contribution in [0.2, 0.25) is 0 Å². The van der Waals surface area contributed by atoms with E-state index < -0.39 is 6.10 Å². The summed E-state index contributed by atoms with van der Waals surface area (Å²) in [6.45, 7) is 8.51. The normalized spacial score (nSPS) is 11.8. The predicted molar refractivity (Wildman–Crippen MR) is 129 cm³/mol. The largest absolute Gasteiger partial charge is 0.390 e. The van der Waals surface area contributed by atoms with Crippen molar-refractivity contribution >= 4 is 22.5 Å². The minimum absolute atomic E-state index is 0.202. The molecule has 4 N–H and O–H groups in total. The third kappa shape index (κ3) is 5.64. The molecule has 166 valence electrons. The van der Waals surface area contributed by atoms with Crippen LogP contribution in [-0.4, -0.2) is 53.2 Å². The van der Waals surface area contributed by atoms with Gasteiger partial charge in [0, 0.05) is 41.2 Å². The fourth-order valence-electron chi connectivity index (χ4n) is 3.50. The molecule has 1 aromatic heterocycles. The average Bonchev–Trinajstić information content (AvgIpc) is 2.81. The summed E-state index contributed by atoms with van der Waals surface area (Å²) in [5.41, 5.74) is 9.01. The Morgan fingerprint density at radius 3 is 2.53 bits per heavy atom. The minimum Gasteiger partial charge on any atom is -0.390 e. The molecule has 32 heavy (non-hydrogen) atoms. The maximum Gasteiger partial charge on any atom is 0.251 e. The first kappa shape index (κ1) is 23.3. The number of carbonyl (C=O) groups is 1. The van der Waals surface area contributed by atoms with Gasteiger partial charge in [-0.3, -0.25) is 4.79 Å². The van der Waals surface area contributed by atoms with E-state index in [9.17, 15) is 9.90 Å². The predicted octanol–water partition coefficient (Wildman–Crippen LogP) is 2.96. The lowest BCUT2D eigenvalue weighted by Crippen LogP contribution is -2.40. The van der Waals surface area contributed by atoms with Gasteiger partial charge in [0.2, 0.25) is 0 Å². The summed E-state index contributed by atoms with van der Waals surface area (Å²) in [7, 11) is 0. The number of nitrogens with two attached hydrogens (primary N) is 1. The van der Waals surface area contributed by atoms with E-state index in [-0.39, 0.29) is 12.5 Å². The van der Waals surface area contributed by atoms with Crippen molar-refractivity contribution in [3.63, 3.8) is 0 Å². The van der Waals surface area contributed by atoms with E-state index in [0.717, 1.165) is 40.6 Å². The summed E-state index contributed by atoms with van der Waals surface area (Å²) in [5.74, 6) is 6.60. The lowest BCUT2D eigenvalue weighted by molar-refractivity contribution is 0.0869. The Bertz CT molecular complexity index is 1160. The topological polar surface area (TPSA) is 91.5 Å². The Hall–Kier alpha value is -3.40. The number of likely N-dealkylation sites (N-methyl/N-ethyl adjacent to an activating group) is 1. The van der Waals surface area contributed by atoms with Crippen LogP contribution in [-0.2, 0) is 0 Å². The average molecular weight is 431 g/mol. The molecule has 0 saturated heterocycles. The van der Waals surface area contributed by atoms with Gasteiger partial charge in [0.15, 0.2) is 0 Å². The number of nitrogens with zero attached hydrogens (tertiary/aromatic N) is 2. The monoisotopic (exact) mass is 430 g/mol. The molecule has 2 aromatic carbocycles. The molecule has 3 aromatic rings. The lowest BCUT2D eigenvalue weighted by atomic mass is 10.0. The van der Waals surface area contributed by atoms with E-state index in [1.807, 2.05) is 51.1 Å². The Morgan fingerprint density at radius 2 is 1.81 bits per heavy atom. The smallest absolute Gasteiger partial charge is 0.251 e. The van der Waals surface area contributed by atoms with Gasteiger partial charge in [-0.15, -0.1) is 0 Å². The Balaban J connectivity index is 1.76. The molecule has 6 nitrogen and oxygen atoms in total. The number of hydrogen-bond donors (Lipinski definition) is 3. The minimum atomic E-state index is -0.616. The van der Waals surface area contributed by atoms with Crippen molar-refractivity contribution < 1.29 is 9.90 Å². The molecule has 0 fully saturated rings. The van der Waals surface area contributed by atoms with Gasteiger partial charge in [-0.2, -0.15) is 0 Å². The van der Waals surface area contributed by atoms with Crippen LogP contribution < -0.4 is 11.1 Å². The molecule has 0 radical (unpaired) electrons. The highest BCUT2D eigenvalue weighted by Gasteiger charge is 2.12. The number of fused-ring (bicyclic) bond motifs is 1.